The lowest BCUT2D eigenvalue weighted by atomic mass is 9.77. The van der Waals surface area contributed by atoms with E-state index in [0.29, 0.717) is 60.6 Å². The third-order valence-electron chi connectivity index (χ3n) is 7.51. The monoisotopic (exact) mass is 593 g/mol. The van der Waals surface area contributed by atoms with E-state index in [1.165, 1.54) is 24.3 Å². The predicted molar refractivity (Wildman–Crippen MR) is 152 cm³/mol. The summed E-state index contributed by atoms with van der Waals surface area (Å²) in [5.41, 5.74) is 0.404. The molecule has 1 unspecified atom stereocenters. The topological polar surface area (TPSA) is 40.5 Å². The van der Waals surface area contributed by atoms with Crippen LogP contribution in [-0.2, 0) is 35.7 Å². The van der Waals surface area contributed by atoms with Crippen LogP contribution in [0.25, 0.3) is 11.1 Å². The lowest BCUT2D eigenvalue weighted by Gasteiger charge is -2.28. The zero-order valence-corrected chi connectivity index (χ0v) is 24.2. The van der Waals surface area contributed by atoms with Crippen LogP contribution in [0.3, 0.4) is 0 Å². The SMILES string of the molecule is CCCC(C)(C(=O)O)c1cc(CN(CCC(C)C)Cc2ccc(C(F)(F)F)cc2)cc(-c2ccc(C(F)(F)F)cc2)c1. The largest absolute Gasteiger partial charge is 0.481 e. The average molecular weight is 594 g/mol. The van der Waals surface area contributed by atoms with Gasteiger partial charge in [-0.25, -0.2) is 0 Å². The Kier molecular flexibility index (Phi) is 10.5. The first-order chi connectivity index (χ1) is 19.5. The molecule has 3 aromatic carbocycles. The van der Waals surface area contributed by atoms with Gasteiger partial charge in [-0.3, -0.25) is 9.69 Å². The van der Waals surface area contributed by atoms with Crippen molar-refractivity contribution >= 4 is 5.97 Å². The van der Waals surface area contributed by atoms with Gasteiger partial charge in [-0.1, -0.05) is 57.5 Å². The van der Waals surface area contributed by atoms with Crippen LogP contribution in [0.2, 0.25) is 0 Å². The summed E-state index contributed by atoms with van der Waals surface area (Å²) in [7, 11) is 0. The molecule has 3 aromatic rings. The maximum Gasteiger partial charge on any atom is 0.416 e. The van der Waals surface area contributed by atoms with Crippen LogP contribution >= 0.6 is 0 Å². The minimum atomic E-state index is -4.48. The molecule has 0 bridgehead atoms. The van der Waals surface area contributed by atoms with E-state index in [1.54, 1.807) is 13.0 Å². The van der Waals surface area contributed by atoms with Crippen LogP contribution in [0, 0.1) is 5.92 Å². The molecule has 0 aliphatic heterocycles. The summed E-state index contributed by atoms with van der Waals surface area (Å²) in [5.74, 6) is -0.629. The Balaban J connectivity index is 2.05. The van der Waals surface area contributed by atoms with Crippen molar-refractivity contribution in [3.05, 3.63) is 94.5 Å². The van der Waals surface area contributed by atoms with E-state index >= 15 is 0 Å². The number of hydrogen-bond acceptors (Lipinski definition) is 2. The zero-order chi connectivity index (χ0) is 31.3. The summed E-state index contributed by atoms with van der Waals surface area (Å²) in [6.45, 7) is 9.06. The van der Waals surface area contributed by atoms with Gasteiger partial charge in [0.2, 0.25) is 0 Å². The number of rotatable bonds is 12. The summed E-state index contributed by atoms with van der Waals surface area (Å²) >= 11 is 0. The molecule has 0 amide bonds. The van der Waals surface area contributed by atoms with Crippen LogP contribution < -0.4 is 0 Å². The van der Waals surface area contributed by atoms with Gasteiger partial charge in [0.1, 0.15) is 0 Å². The van der Waals surface area contributed by atoms with Crippen LogP contribution in [0.1, 0.15) is 74.8 Å². The molecule has 228 valence electrons. The first kappa shape index (κ1) is 33.2. The summed E-state index contributed by atoms with van der Waals surface area (Å²) in [5, 5.41) is 10.2. The van der Waals surface area contributed by atoms with Crippen molar-refractivity contribution in [2.75, 3.05) is 6.54 Å². The van der Waals surface area contributed by atoms with Crippen LogP contribution in [-0.4, -0.2) is 22.5 Å². The molecule has 1 N–H and O–H groups in total. The van der Waals surface area contributed by atoms with Gasteiger partial charge in [-0.05, 0) is 96.4 Å². The minimum absolute atomic E-state index is 0.362. The second kappa shape index (κ2) is 13.3. The Morgan fingerprint density at radius 2 is 1.29 bits per heavy atom. The minimum Gasteiger partial charge on any atom is -0.481 e. The molecule has 42 heavy (non-hydrogen) atoms. The smallest absolute Gasteiger partial charge is 0.416 e. The van der Waals surface area contributed by atoms with Gasteiger partial charge in [0.05, 0.1) is 16.5 Å². The standard InChI is InChI=1S/C33H37F6NO2/c1-5-15-31(4,30(41)42)29-18-24(17-26(19-29)25-8-12-28(13-9-25)33(37,38)39)21-40(16-14-22(2)3)20-23-6-10-27(11-7-23)32(34,35)36/h6-13,17-19,22H,5,14-16,20-21H2,1-4H3,(H,41,42). The van der Waals surface area contributed by atoms with Crippen molar-refractivity contribution < 1.29 is 36.2 Å². The van der Waals surface area contributed by atoms with E-state index < -0.39 is 34.9 Å². The molecule has 0 spiro atoms. The second-order valence-corrected chi connectivity index (χ2v) is 11.5. The number of carboxylic acid groups (broad SMARTS) is 1. The number of alkyl halides is 6. The summed E-state index contributed by atoms with van der Waals surface area (Å²) < 4.78 is 78.8. The van der Waals surface area contributed by atoms with Crippen molar-refractivity contribution in [2.45, 2.75) is 77.8 Å². The maximum atomic E-state index is 13.2. The number of hydrogen-bond donors (Lipinski definition) is 1. The fraction of sp³-hybridized carbons (Fsp3) is 0.424. The van der Waals surface area contributed by atoms with Crippen molar-refractivity contribution in [3.63, 3.8) is 0 Å². The number of halogens is 6. The van der Waals surface area contributed by atoms with Crippen LogP contribution in [0.5, 0.6) is 0 Å². The molecule has 0 saturated carbocycles. The number of nitrogens with zero attached hydrogens (tertiary/aromatic N) is 1. The summed E-state index contributed by atoms with van der Waals surface area (Å²) in [6.07, 6.45) is -7.11. The Hall–Kier alpha value is -3.33. The summed E-state index contributed by atoms with van der Waals surface area (Å²) in [4.78, 5) is 14.5. The molecule has 0 aliphatic rings. The Bertz CT molecular complexity index is 1330. The molecule has 0 radical (unpaired) electrons. The van der Waals surface area contributed by atoms with Crippen LogP contribution in [0.15, 0.2) is 66.7 Å². The molecular weight excluding hydrogens is 556 g/mol. The van der Waals surface area contributed by atoms with E-state index in [9.17, 15) is 36.2 Å². The highest BCUT2D eigenvalue weighted by Crippen LogP contribution is 2.36. The predicted octanol–water partition coefficient (Wildman–Crippen LogP) is 9.58. The highest BCUT2D eigenvalue weighted by Gasteiger charge is 2.35. The molecule has 0 aromatic heterocycles. The normalized spacial score (nSPS) is 13.9. The van der Waals surface area contributed by atoms with E-state index in [4.69, 9.17) is 0 Å². The third kappa shape index (κ3) is 8.60. The first-order valence-electron chi connectivity index (χ1n) is 14.0. The number of carboxylic acids is 1. The number of carbonyl (C=O) groups is 1. The van der Waals surface area contributed by atoms with Gasteiger partial charge in [-0.15, -0.1) is 0 Å². The molecule has 9 heteroatoms. The Labute approximate surface area is 243 Å². The second-order valence-electron chi connectivity index (χ2n) is 11.5. The van der Waals surface area contributed by atoms with E-state index in [0.717, 1.165) is 36.2 Å². The molecule has 0 saturated heterocycles. The van der Waals surface area contributed by atoms with Gasteiger partial charge in [-0.2, -0.15) is 26.3 Å². The van der Waals surface area contributed by atoms with Crippen molar-refractivity contribution in [3.8, 4) is 11.1 Å². The molecule has 0 fully saturated rings. The summed E-state index contributed by atoms with van der Waals surface area (Å²) in [6, 6.07) is 15.2. The highest BCUT2D eigenvalue weighted by atomic mass is 19.4. The Morgan fingerprint density at radius 3 is 1.76 bits per heavy atom. The fourth-order valence-electron chi connectivity index (χ4n) is 4.97. The van der Waals surface area contributed by atoms with Crippen molar-refractivity contribution in [2.24, 2.45) is 5.92 Å². The quantitative estimate of drug-likeness (QED) is 0.213. The molecule has 1 atom stereocenters. The maximum absolute atomic E-state index is 13.2. The third-order valence-corrected chi connectivity index (χ3v) is 7.51. The zero-order valence-electron chi connectivity index (χ0n) is 24.2. The molecular formula is C33H37F6NO2. The Morgan fingerprint density at radius 1 is 0.762 bits per heavy atom. The highest BCUT2D eigenvalue weighted by molar-refractivity contribution is 5.82. The van der Waals surface area contributed by atoms with E-state index in [2.05, 4.69) is 18.7 Å². The van der Waals surface area contributed by atoms with Crippen molar-refractivity contribution in [1.82, 2.24) is 4.90 Å². The molecule has 3 nitrogen and oxygen atoms in total. The lowest BCUT2D eigenvalue weighted by Crippen LogP contribution is -2.32. The molecule has 0 heterocycles. The van der Waals surface area contributed by atoms with Crippen LogP contribution in [0.4, 0.5) is 26.3 Å². The number of benzene rings is 3. The van der Waals surface area contributed by atoms with E-state index in [1.807, 2.05) is 19.1 Å². The van der Waals surface area contributed by atoms with Gasteiger partial charge in [0, 0.05) is 13.1 Å². The average Bonchev–Trinajstić information content (AvgIpc) is 2.91. The van der Waals surface area contributed by atoms with Gasteiger partial charge in [0.15, 0.2) is 0 Å². The van der Waals surface area contributed by atoms with Gasteiger partial charge in [0.25, 0.3) is 0 Å². The lowest BCUT2D eigenvalue weighted by molar-refractivity contribution is -0.143. The number of aliphatic carboxylic acids is 1. The fourth-order valence-corrected chi connectivity index (χ4v) is 4.97. The molecule has 0 aliphatic carbocycles. The van der Waals surface area contributed by atoms with Gasteiger partial charge < -0.3 is 5.11 Å². The van der Waals surface area contributed by atoms with Gasteiger partial charge >= 0.3 is 18.3 Å². The van der Waals surface area contributed by atoms with E-state index in [-0.39, 0.29) is 0 Å². The molecule has 3 rings (SSSR count). The van der Waals surface area contributed by atoms with Crippen molar-refractivity contribution in [1.29, 1.82) is 0 Å². The first-order valence-corrected chi connectivity index (χ1v) is 14.0.